The van der Waals surface area contributed by atoms with Gasteiger partial charge < -0.3 is 10.1 Å². The van der Waals surface area contributed by atoms with Crippen LogP contribution in [0.5, 0.6) is 0 Å². The molecular formula is C18H19NO3S. The van der Waals surface area contributed by atoms with Crippen molar-refractivity contribution >= 4 is 28.9 Å². The summed E-state index contributed by atoms with van der Waals surface area (Å²) in [6.07, 6.45) is 2.39. The van der Waals surface area contributed by atoms with Crippen LogP contribution in [-0.2, 0) is 22.4 Å². The molecule has 2 aromatic rings. The average molecular weight is 329 g/mol. The van der Waals surface area contributed by atoms with E-state index in [0.717, 1.165) is 24.8 Å². The van der Waals surface area contributed by atoms with Gasteiger partial charge in [0.1, 0.15) is 4.88 Å². The van der Waals surface area contributed by atoms with E-state index in [-0.39, 0.29) is 5.91 Å². The Balaban J connectivity index is 1.58. The number of hydrogen-bond donors (Lipinski definition) is 1. The molecule has 1 heterocycles. The first-order valence-corrected chi connectivity index (χ1v) is 8.54. The molecule has 0 aliphatic heterocycles. The van der Waals surface area contributed by atoms with Gasteiger partial charge in [0.15, 0.2) is 6.10 Å². The molecule has 1 aliphatic rings. The van der Waals surface area contributed by atoms with Gasteiger partial charge in [0.25, 0.3) is 5.91 Å². The van der Waals surface area contributed by atoms with Gasteiger partial charge in [-0.25, -0.2) is 4.79 Å². The number of ether oxygens (including phenoxy) is 1. The van der Waals surface area contributed by atoms with Gasteiger partial charge in [0.2, 0.25) is 0 Å². The molecule has 0 fully saturated rings. The fourth-order valence-corrected chi connectivity index (χ4v) is 3.72. The molecule has 1 unspecified atom stereocenters. The second kappa shape index (κ2) is 6.54. The number of rotatable bonds is 4. The third-order valence-corrected chi connectivity index (χ3v) is 5.14. The normalized spacial score (nSPS) is 14.2. The molecule has 0 spiro atoms. The number of thiophene rings is 1. The molecule has 1 aromatic heterocycles. The molecule has 1 atom stereocenters. The first-order chi connectivity index (χ1) is 11.0. The maximum atomic E-state index is 12.2. The van der Waals surface area contributed by atoms with E-state index in [4.69, 9.17) is 4.74 Å². The van der Waals surface area contributed by atoms with Crippen LogP contribution in [0.4, 0.5) is 5.69 Å². The number of nitrogens with one attached hydrogen (secondary N) is 1. The minimum Gasteiger partial charge on any atom is -0.448 e. The highest BCUT2D eigenvalue weighted by Gasteiger charge is 2.23. The van der Waals surface area contributed by atoms with Crippen LogP contribution >= 0.6 is 11.3 Å². The lowest BCUT2D eigenvalue weighted by molar-refractivity contribution is -0.123. The summed E-state index contributed by atoms with van der Waals surface area (Å²) in [7, 11) is 0. The summed E-state index contributed by atoms with van der Waals surface area (Å²) in [6.45, 7) is 3.57. The van der Waals surface area contributed by atoms with Crippen LogP contribution in [0, 0.1) is 6.92 Å². The lowest BCUT2D eigenvalue weighted by Gasteiger charge is -2.13. The fraction of sp³-hybridized carbons (Fsp3) is 0.333. The number of benzene rings is 1. The smallest absolute Gasteiger partial charge is 0.349 e. The molecule has 0 radical (unpaired) electrons. The number of anilines is 1. The quantitative estimate of drug-likeness (QED) is 0.870. The van der Waals surface area contributed by atoms with Crippen molar-refractivity contribution < 1.29 is 14.3 Å². The van der Waals surface area contributed by atoms with E-state index in [1.165, 1.54) is 21.8 Å². The number of fused-ring (bicyclic) bond motifs is 1. The van der Waals surface area contributed by atoms with Crippen molar-refractivity contribution in [1.82, 2.24) is 0 Å². The minimum absolute atomic E-state index is 0.327. The van der Waals surface area contributed by atoms with Crippen LogP contribution in [0.3, 0.4) is 0 Å². The Labute approximate surface area is 139 Å². The summed E-state index contributed by atoms with van der Waals surface area (Å²) in [5.41, 5.74) is 3.06. The zero-order chi connectivity index (χ0) is 16.4. The first kappa shape index (κ1) is 15.7. The van der Waals surface area contributed by atoms with Crippen LogP contribution in [0.1, 0.15) is 39.0 Å². The summed E-state index contributed by atoms with van der Waals surface area (Å²) in [6, 6.07) is 9.38. The molecule has 5 heteroatoms. The molecule has 23 heavy (non-hydrogen) atoms. The second-order valence-electron chi connectivity index (χ2n) is 5.82. The van der Waals surface area contributed by atoms with Gasteiger partial charge in [-0.05, 0) is 56.9 Å². The summed E-state index contributed by atoms with van der Waals surface area (Å²) < 4.78 is 5.29. The van der Waals surface area contributed by atoms with Gasteiger partial charge in [-0.2, -0.15) is 0 Å². The standard InChI is InChI=1S/C18H19NO3S/c1-11-6-8-14(9-7-11)19-17(20)12(2)22-18(21)16-10-13-4-3-5-15(13)23-16/h6-10,12H,3-5H2,1-2H3,(H,19,20). The molecule has 0 bridgehead atoms. The SMILES string of the molecule is Cc1ccc(NC(=O)C(C)OC(=O)c2cc3c(s2)CCC3)cc1. The Morgan fingerprint density at radius 3 is 2.65 bits per heavy atom. The number of amides is 1. The highest BCUT2D eigenvalue weighted by atomic mass is 32.1. The highest BCUT2D eigenvalue weighted by molar-refractivity contribution is 7.14. The van der Waals surface area contributed by atoms with Crippen LogP contribution < -0.4 is 5.32 Å². The van der Waals surface area contributed by atoms with E-state index in [2.05, 4.69) is 5.32 Å². The van der Waals surface area contributed by atoms with Crippen LogP contribution in [0.15, 0.2) is 30.3 Å². The van der Waals surface area contributed by atoms with E-state index in [0.29, 0.717) is 10.6 Å². The number of aryl methyl sites for hydroxylation is 3. The van der Waals surface area contributed by atoms with Crippen molar-refractivity contribution in [3.8, 4) is 0 Å². The van der Waals surface area contributed by atoms with Crippen LogP contribution in [0.25, 0.3) is 0 Å². The molecule has 0 saturated heterocycles. The summed E-state index contributed by atoms with van der Waals surface area (Å²) >= 11 is 1.48. The van der Waals surface area contributed by atoms with Crippen molar-refractivity contribution in [1.29, 1.82) is 0 Å². The van der Waals surface area contributed by atoms with Crippen molar-refractivity contribution in [2.75, 3.05) is 5.32 Å². The monoisotopic (exact) mass is 329 g/mol. The topological polar surface area (TPSA) is 55.4 Å². The number of carbonyl (C=O) groups is 2. The predicted octanol–water partition coefficient (Wildman–Crippen LogP) is 3.73. The first-order valence-electron chi connectivity index (χ1n) is 7.73. The Bertz CT molecular complexity index is 712. The van der Waals surface area contributed by atoms with E-state index >= 15 is 0 Å². The van der Waals surface area contributed by atoms with Crippen molar-refractivity contribution in [3.63, 3.8) is 0 Å². The minimum atomic E-state index is -0.833. The van der Waals surface area contributed by atoms with Gasteiger partial charge in [0.05, 0.1) is 0 Å². The Morgan fingerprint density at radius 1 is 1.22 bits per heavy atom. The van der Waals surface area contributed by atoms with Gasteiger partial charge >= 0.3 is 5.97 Å². The third kappa shape index (κ3) is 3.62. The zero-order valence-electron chi connectivity index (χ0n) is 13.2. The molecule has 1 aromatic carbocycles. The number of hydrogen-bond acceptors (Lipinski definition) is 4. The maximum absolute atomic E-state index is 12.2. The van der Waals surface area contributed by atoms with Gasteiger partial charge in [-0.15, -0.1) is 11.3 Å². The van der Waals surface area contributed by atoms with E-state index in [9.17, 15) is 9.59 Å². The second-order valence-corrected chi connectivity index (χ2v) is 6.95. The Kier molecular flexibility index (Phi) is 4.48. The van der Waals surface area contributed by atoms with E-state index in [1.54, 1.807) is 6.92 Å². The van der Waals surface area contributed by atoms with Gasteiger partial charge in [0, 0.05) is 10.6 Å². The summed E-state index contributed by atoms with van der Waals surface area (Å²) in [5.74, 6) is -0.748. The maximum Gasteiger partial charge on any atom is 0.349 e. The Hall–Kier alpha value is -2.14. The molecule has 120 valence electrons. The lowest BCUT2D eigenvalue weighted by Crippen LogP contribution is -2.29. The summed E-state index contributed by atoms with van der Waals surface area (Å²) in [5, 5.41) is 2.75. The number of carbonyl (C=O) groups excluding carboxylic acids is 2. The van der Waals surface area contributed by atoms with Gasteiger partial charge in [-0.1, -0.05) is 17.7 Å². The molecule has 4 nitrogen and oxygen atoms in total. The molecule has 1 amide bonds. The number of esters is 1. The predicted molar refractivity (Wildman–Crippen MR) is 91.0 cm³/mol. The molecular weight excluding hydrogens is 310 g/mol. The zero-order valence-corrected chi connectivity index (χ0v) is 14.0. The average Bonchev–Trinajstić information content (AvgIpc) is 3.10. The Morgan fingerprint density at radius 2 is 1.96 bits per heavy atom. The lowest BCUT2D eigenvalue weighted by atomic mass is 10.2. The van der Waals surface area contributed by atoms with Crippen LogP contribution in [-0.4, -0.2) is 18.0 Å². The van der Waals surface area contributed by atoms with Gasteiger partial charge in [-0.3, -0.25) is 4.79 Å². The molecule has 3 rings (SSSR count). The van der Waals surface area contributed by atoms with E-state index in [1.807, 2.05) is 37.3 Å². The fourth-order valence-electron chi connectivity index (χ4n) is 2.58. The molecule has 0 saturated carbocycles. The highest BCUT2D eigenvalue weighted by Crippen LogP contribution is 2.31. The van der Waals surface area contributed by atoms with Crippen molar-refractivity contribution in [3.05, 3.63) is 51.2 Å². The van der Waals surface area contributed by atoms with E-state index < -0.39 is 12.1 Å². The molecule has 1 aliphatic carbocycles. The molecule has 1 N–H and O–H groups in total. The van der Waals surface area contributed by atoms with Crippen molar-refractivity contribution in [2.45, 2.75) is 39.2 Å². The largest absolute Gasteiger partial charge is 0.448 e. The van der Waals surface area contributed by atoms with Crippen molar-refractivity contribution in [2.24, 2.45) is 0 Å². The summed E-state index contributed by atoms with van der Waals surface area (Å²) in [4.78, 5) is 26.1. The van der Waals surface area contributed by atoms with Crippen LogP contribution in [0.2, 0.25) is 0 Å². The third-order valence-electron chi connectivity index (χ3n) is 3.92.